The standard InChI is InChI=1S/C25H25N5OS/c1-17-9-7-10-18(2)22(17)27-24(31)19(3)32-25-29-28-23(21-13-8-14-26-15-21)30(25)16-20-11-5-4-6-12-20/h4-15,19H,16H2,1-3H3,(H,27,31)/t19-/m0/s1. The number of para-hydroxylation sites is 1. The molecule has 6 nitrogen and oxygen atoms in total. The molecule has 0 radical (unpaired) electrons. The molecule has 4 aromatic rings. The van der Waals surface area contributed by atoms with E-state index in [0.29, 0.717) is 11.7 Å². The van der Waals surface area contributed by atoms with Crippen LogP contribution in [0, 0.1) is 13.8 Å². The average molecular weight is 444 g/mol. The highest BCUT2D eigenvalue weighted by Gasteiger charge is 2.22. The summed E-state index contributed by atoms with van der Waals surface area (Å²) in [4.78, 5) is 17.2. The number of rotatable bonds is 7. The quantitative estimate of drug-likeness (QED) is 0.401. The van der Waals surface area contributed by atoms with Gasteiger partial charge in [0, 0.05) is 23.6 Å². The van der Waals surface area contributed by atoms with Crippen molar-refractivity contribution >= 4 is 23.4 Å². The number of nitrogens with one attached hydrogen (secondary N) is 1. The topological polar surface area (TPSA) is 72.7 Å². The molecule has 2 heterocycles. The Kier molecular flexibility index (Phi) is 6.66. The van der Waals surface area contributed by atoms with Gasteiger partial charge in [0.15, 0.2) is 11.0 Å². The van der Waals surface area contributed by atoms with Crippen molar-refractivity contribution in [2.75, 3.05) is 5.32 Å². The van der Waals surface area contributed by atoms with E-state index in [2.05, 4.69) is 32.6 Å². The molecule has 0 spiro atoms. The highest BCUT2D eigenvalue weighted by atomic mass is 32.2. The molecule has 0 saturated carbocycles. The molecular weight excluding hydrogens is 418 g/mol. The lowest BCUT2D eigenvalue weighted by molar-refractivity contribution is -0.115. The van der Waals surface area contributed by atoms with Crippen molar-refractivity contribution in [3.63, 3.8) is 0 Å². The molecule has 0 aliphatic heterocycles. The van der Waals surface area contributed by atoms with E-state index in [1.165, 1.54) is 11.8 Å². The summed E-state index contributed by atoms with van der Waals surface area (Å²) in [5.41, 5.74) is 4.97. The number of nitrogens with zero attached hydrogens (tertiary/aromatic N) is 4. The Labute approximate surface area is 192 Å². The second-order valence-electron chi connectivity index (χ2n) is 7.64. The largest absolute Gasteiger partial charge is 0.325 e. The van der Waals surface area contributed by atoms with Crippen molar-refractivity contribution in [2.24, 2.45) is 0 Å². The Hall–Kier alpha value is -3.45. The normalized spacial score (nSPS) is 11.8. The van der Waals surface area contributed by atoms with E-state index in [0.717, 1.165) is 33.8 Å². The molecule has 0 saturated heterocycles. The van der Waals surface area contributed by atoms with Crippen molar-refractivity contribution in [3.05, 3.63) is 89.7 Å². The third-order valence-electron chi connectivity index (χ3n) is 5.20. The molecule has 1 atom stereocenters. The zero-order chi connectivity index (χ0) is 22.5. The van der Waals surface area contributed by atoms with E-state index in [4.69, 9.17) is 0 Å². The van der Waals surface area contributed by atoms with Gasteiger partial charge in [-0.3, -0.25) is 14.3 Å². The van der Waals surface area contributed by atoms with E-state index in [9.17, 15) is 4.79 Å². The van der Waals surface area contributed by atoms with Gasteiger partial charge in [-0.2, -0.15) is 0 Å². The zero-order valence-corrected chi connectivity index (χ0v) is 19.1. The number of hydrogen-bond acceptors (Lipinski definition) is 5. The summed E-state index contributed by atoms with van der Waals surface area (Å²) in [6, 6.07) is 20.0. The van der Waals surface area contributed by atoms with Crippen LogP contribution in [0.2, 0.25) is 0 Å². The summed E-state index contributed by atoms with van der Waals surface area (Å²) < 4.78 is 2.04. The van der Waals surface area contributed by atoms with E-state index < -0.39 is 0 Å². The average Bonchev–Trinajstić information content (AvgIpc) is 3.19. The van der Waals surface area contributed by atoms with Crippen LogP contribution in [0.15, 0.2) is 78.2 Å². The number of anilines is 1. The molecule has 1 amide bonds. The van der Waals surface area contributed by atoms with Crippen molar-refractivity contribution < 1.29 is 4.79 Å². The van der Waals surface area contributed by atoms with Crippen LogP contribution >= 0.6 is 11.8 Å². The van der Waals surface area contributed by atoms with Crippen LogP contribution < -0.4 is 5.32 Å². The molecule has 162 valence electrons. The van der Waals surface area contributed by atoms with Crippen LogP contribution in [0.5, 0.6) is 0 Å². The van der Waals surface area contributed by atoms with Crippen LogP contribution in [0.1, 0.15) is 23.6 Å². The maximum absolute atomic E-state index is 13.0. The van der Waals surface area contributed by atoms with Gasteiger partial charge >= 0.3 is 0 Å². The first-order valence-corrected chi connectivity index (χ1v) is 11.3. The highest BCUT2D eigenvalue weighted by Crippen LogP contribution is 2.29. The number of hydrogen-bond donors (Lipinski definition) is 1. The monoisotopic (exact) mass is 443 g/mol. The van der Waals surface area contributed by atoms with Crippen molar-refractivity contribution in [1.82, 2.24) is 19.7 Å². The molecule has 0 aliphatic carbocycles. The molecule has 0 fully saturated rings. The van der Waals surface area contributed by atoms with Gasteiger partial charge in [0.05, 0.1) is 11.8 Å². The van der Waals surface area contributed by atoms with E-state index in [1.807, 2.05) is 73.9 Å². The molecule has 2 aromatic carbocycles. The van der Waals surface area contributed by atoms with Gasteiger partial charge in [0.25, 0.3) is 0 Å². The Morgan fingerprint density at radius 1 is 1.00 bits per heavy atom. The molecule has 32 heavy (non-hydrogen) atoms. The van der Waals surface area contributed by atoms with Gasteiger partial charge in [0.1, 0.15) is 0 Å². The number of carbonyl (C=O) groups excluding carboxylic acids is 1. The Morgan fingerprint density at radius 3 is 2.44 bits per heavy atom. The number of amides is 1. The number of thioether (sulfide) groups is 1. The summed E-state index contributed by atoms with van der Waals surface area (Å²) in [6.07, 6.45) is 3.51. The van der Waals surface area contributed by atoms with Crippen LogP contribution in [-0.4, -0.2) is 30.9 Å². The lowest BCUT2D eigenvalue weighted by Gasteiger charge is -2.16. The summed E-state index contributed by atoms with van der Waals surface area (Å²) in [6.45, 7) is 6.48. The fourth-order valence-corrected chi connectivity index (χ4v) is 4.29. The first kappa shape index (κ1) is 21.8. The predicted molar refractivity (Wildman–Crippen MR) is 129 cm³/mol. The van der Waals surface area contributed by atoms with Crippen molar-refractivity contribution in [1.29, 1.82) is 0 Å². The minimum atomic E-state index is -0.352. The third-order valence-corrected chi connectivity index (χ3v) is 6.28. The first-order valence-electron chi connectivity index (χ1n) is 10.4. The molecule has 2 aromatic heterocycles. The minimum absolute atomic E-state index is 0.0652. The van der Waals surface area contributed by atoms with Gasteiger partial charge in [-0.05, 0) is 49.6 Å². The number of aryl methyl sites for hydroxylation is 2. The van der Waals surface area contributed by atoms with Crippen LogP contribution in [-0.2, 0) is 11.3 Å². The Morgan fingerprint density at radius 2 is 1.75 bits per heavy atom. The molecular formula is C25H25N5OS. The number of aromatic nitrogens is 4. The minimum Gasteiger partial charge on any atom is -0.325 e. The molecule has 0 aliphatic rings. The first-order chi connectivity index (χ1) is 15.5. The second kappa shape index (κ2) is 9.78. The zero-order valence-electron chi connectivity index (χ0n) is 18.3. The summed E-state index contributed by atoms with van der Waals surface area (Å²) in [5, 5.41) is 12.3. The maximum Gasteiger partial charge on any atom is 0.237 e. The van der Waals surface area contributed by atoms with E-state index >= 15 is 0 Å². The van der Waals surface area contributed by atoms with Gasteiger partial charge in [-0.1, -0.05) is 60.3 Å². The van der Waals surface area contributed by atoms with E-state index in [-0.39, 0.29) is 11.2 Å². The Balaban J connectivity index is 1.60. The molecule has 0 unspecified atom stereocenters. The third kappa shape index (κ3) is 4.89. The summed E-state index contributed by atoms with van der Waals surface area (Å²) >= 11 is 1.40. The van der Waals surface area contributed by atoms with Gasteiger partial charge in [-0.25, -0.2) is 0 Å². The number of carbonyl (C=O) groups is 1. The van der Waals surface area contributed by atoms with Crippen molar-refractivity contribution in [3.8, 4) is 11.4 Å². The fourth-order valence-electron chi connectivity index (χ4n) is 3.44. The van der Waals surface area contributed by atoms with Crippen LogP contribution in [0.3, 0.4) is 0 Å². The Bertz CT molecular complexity index is 1190. The number of pyridine rings is 1. The molecule has 0 bridgehead atoms. The SMILES string of the molecule is Cc1cccc(C)c1NC(=O)[C@H](C)Sc1nnc(-c2cccnc2)n1Cc1ccccc1. The lowest BCUT2D eigenvalue weighted by atomic mass is 10.1. The lowest BCUT2D eigenvalue weighted by Crippen LogP contribution is -2.24. The maximum atomic E-state index is 13.0. The molecule has 1 N–H and O–H groups in total. The fraction of sp³-hybridized carbons (Fsp3) is 0.200. The second-order valence-corrected chi connectivity index (χ2v) is 8.94. The molecule has 4 rings (SSSR count). The smallest absolute Gasteiger partial charge is 0.237 e. The van der Waals surface area contributed by atoms with Gasteiger partial charge < -0.3 is 5.32 Å². The molecule has 7 heteroatoms. The van der Waals surface area contributed by atoms with Crippen molar-refractivity contribution in [2.45, 2.75) is 37.7 Å². The van der Waals surface area contributed by atoms with Crippen LogP contribution in [0.25, 0.3) is 11.4 Å². The number of benzene rings is 2. The van der Waals surface area contributed by atoms with Gasteiger partial charge in [0.2, 0.25) is 5.91 Å². The van der Waals surface area contributed by atoms with Crippen LogP contribution in [0.4, 0.5) is 5.69 Å². The summed E-state index contributed by atoms with van der Waals surface area (Å²) in [5.74, 6) is 0.663. The van der Waals surface area contributed by atoms with Gasteiger partial charge in [-0.15, -0.1) is 10.2 Å². The highest BCUT2D eigenvalue weighted by molar-refractivity contribution is 8.00. The summed E-state index contributed by atoms with van der Waals surface area (Å²) in [7, 11) is 0. The van der Waals surface area contributed by atoms with E-state index in [1.54, 1.807) is 12.4 Å². The predicted octanol–water partition coefficient (Wildman–Crippen LogP) is 5.12.